The minimum absolute atomic E-state index is 0.160. The maximum absolute atomic E-state index is 11.3. The van der Waals surface area contributed by atoms with E-state index in [0.717, 1.165) is 53.1 Å². The van der Waals surface area contributed by atoms with Gasteiger partial charge in [0.25, 0.3) is 0 Å². The lowest BCUT2D eigenvalue weighted by molar-refractivity contribution is -0.140. The molecule has 5 nitrogen and oxygen atoms in total. The lowest BCUT2D eigenvalue weighted by Crippen LogP contribution is -2.01. The number of imidazole rings is 1. The van der Waals surface area contributed by atoms with Gasteiger partial charge in [-0.2, -0.15) is 0 Å². The molecule has 0 radical (unpaired) electrons. The summed E-state index contributed by atoms with van der Waals surface area (Å²) in [4.78, 5) is 16.2. The smallest absolute Gasteiger partial charge is 0.305 e. The molecule has 5 aromatic rings. The van der Waals surface area contributed by atoms with E-state index in [9.17, 15) is 4.79 Å². The highest BCUT2D eigenvalue weighted by Gasteiger charge is 2.15. The molecule has 5 rings (SSSR count). The monoisotopic (exact) mass is 464 g/mol. The number of carbonyl (C=O) groups is 1. The third kappa shape index (κ3) is 5.04. The van der Waals surface area contributed by atoms with Crippen molar-refractivity contribution in [3.05, 3.63) is 91.0 Å². The first-order valence-corrected chi connectivity index (χ1v) is 12.0. The Balaban J connectivity index is 1.46. The summed E-state index contributed by atoms with van der Waals surface area (Å²) in [5.41, 5.74) is 4.04. The van der Waals surface area contributed by atoms with Crippen LogP contribution < -0.4 is 4.74 Å². The SMILES string of the molecule is COC(=O)CCCCCOc1ccc2nc(-c3ccccc3)n(-c3ccc4ccccc4c3)c2c1. The third-order valence-electron chi connectivity index (χ3n) is 6.17. The van der Waals surface area contributed by atoms with Gasteiger partial charge in [-0.3, -0.25) is 9.36 Å². The van der Waals surface area contributed by atoms with Crippen molar-refractivity contribution >= 4 is 27.8 Å². The molecule has 0 aliphatic rings. The van der Waals surface area contributed by atoms with Gasteiger partial charge < -0.3 is 9.47 Å². The van der Waals surface area contributed by atoms with Crippen LogP contribution in [0.15, 0.2) is 91.0 Å². The average molecular weight is 465 g/mol. The van der Waals surface area contributed by atoms with Crippen molar-refractivity contribution < 1.29 is 14.3 Å². The standard InChI is InChI=1S/C30H28N2O3/c1-34-29(33)14-6-3-9-19-35-26-17-18-27-28(21-26)32(30(31-27)23-11-4-2-5-12-23)25-16-15-22-10-7-8-13-24(22)20-25/h2,4-5,7-8,10-13,15-18,20-21H,3,6,9,14,19H2,1H3. The van der Waals surface area contributed by atoms with Crippen LogP contribution in [-0.2, 0) is 9.53 Å². The molecule has 0 saturated heterocycles. The number of esters is 1. The lowest BCUT2D eigenvalue weighted by Gasteiger charge is -2.12. The van der Waals surface area contributed by atoms with E-state index >= 15 is 0 Å². The largest absolute Gasteiger partial charge is 0.494 e. The van der Waals surface area contributed by atoms with Crippen molar-refractivity contribution in [2.45, 2.75) is 25.7 Å². The Kier molecular flexibility index (Phi) is 6.75. The van der Waals surface area contributed by atoms with Gasteiger partial charge in [-0.05, 0) is 54.3 Å². The number of aromatic nitrogens is 2. The number of hydrogen-bond acceptors (Lipinski definition) is 4. The number of rotatable bonds is 9. The lowest BCUT2D eigenvalue weighted by atomic mass is 10.1. The molecule has 0 aliphatic heterocycles. The maximum atomic E-state index is 11.3. The molecule has 0 atom stereocenters. The molecule has 5 heteroatoms. The van der Waals surface area contributed by atoms with E-state index in [4.69, 9.17) is 14.5 Å². The number of hydrogen-bond donors (Lipinski definition) is 0. The highest BCUT2D eigenvalue weighted by molar-refractivity contribution is 5.88. The molecular formula is C30H28N2O3. The van der Waals surface area contributed by atoms with Crippen molar-refractivity contribution in [1.82, 2.24) is 9.55 Å². The van der Waals surface area contributed by atoms with Crippen LogP contribution in [0.2, 0.25) is 0 Å². The predicted molar refractivity (Wildman–Crippen MR) is 140 cm³/mol. The van der Waals surface area contributed by atoms with Gasteiger partial charge in [0.15, 0.2) is 0 Å². The van der Waals surface area contributed by atoms with Crippen molar-refractivity contribution in [2.24, 2.45) is 0 Å². The van der Waals surface area contributed by atoms with Crippen LogP contribution in [0.1, 0.15) is 25.7 Å². The highest BCUT2D eigenvalue weighted by atomic mass is 16.5. The van der Waals surface area contributed by atoms with E-state index in [1.165, 1.54) is 17.9 Å². The Bertz CT molecular complexity index is 1460. The zero-order chi connectivity index (χ0) is 24.0. The predicted octanol–water partition coefficient (Wildman–Crippen LogP) is 6.96. The summed E-state index contributed by atoms with van der Waals surface area (Å²) in [5.74, 6) is 1.55. The van der Waals surface area contributed by atoms with Gasteiger partial charge in [0.2, 0.25) is 0 Å². The number of carbonyl (C=O) groups excluding carboxylic acids is 1. The van der Waals surface area contributed by atoms with E-state index in [1.54, 1.807) is 0 Å². The second-order valence-electron chi connectivity index (χ2n) is 8.55. The quantitative estimate of drug-likeness (QED) is 0.175. The molecule has 0 amide bonds. The fraction of sp³-hybridized carbons (Fsp3) is 0.200. The van der Waals surface area contributed by atoms with Gasteiger partial charge in [0, 0.05) is 23.7 Å². The fourth-order valence-corrected chi connectivity index (χ4v) is 4.34. The maximum Gasteiger partial charge on any atom is 0.305 e. The van der Waals surface area contributed by atoms with E-state index in [-0.39, 0.29) is 5.97 Å². The summed E-state index contributed by atoms with van der Waals surface area (Å²) in [7, 11) is 1.42. The van der Waals surface area contributed by atoms with Gasteiger partial charge in [0.05, 0.1) is 24.8 Å². The molecule has 0 aliphatic carbocycles. The van der Waals surface area contributed by atoms with Crippen molar-refractivity contribution in [3.63, 3.8) is 0 Å². The minimum atomic E-state index is -0.160. The Labute approximate surface area is 204 Å². The van der Waals surface area contributed by atoms with Gasteiger partial charge in [-0.1, -0.05) is 60.7 Å². The van der Waals surface area contributed by atoms with Gasteiger partial charge in [-0.15, -0.1) is 0 Å². The van der Waals surface area contributed by atoms with E-state index in [1.807, 2.05) is 30.3 Å². The van der Waals surface area contributed by atoms with Crippen LogP contribution in [0.25, 0.3) is 38.9 Å². The molecule has 0 bridgehead atoms. The molecule has 0 unspecified atom stereocenters. The summed E-state index contributed by atoms with van der Waals surface area (Å²) in [5, 5.41) is 2.39. The highest BCUT2D eigenvalue weighted by Crippen LogP contribution is 2.32. The second-order valence-corrected chi connectivity index (χ2v) is 8.55. The van der Waals surface area contributed by atoms with Gasteiger partial charge in [-0.25, -0.2) is 4.98 Å². The normalized spacial score (nSPS) is 11.1. The van der Waals surface area contributed by atoms with Crippen molar-refractivity contribution in [3.8, 4) is 22.8 Å². The number of methoxy groups -OCH3 is 1. The molecule has 1 aromatic heterocycles. The van der Waals surface area contributed by atoms with Gasteiger partial charge in [0.1, 0.15) is 11.6 Å². The van der Waals surface area contributed by atoms with E-state index in [2.05, 4.69) is 65.2 Å². The minimum Gasteiger partial charge on any atom is -0.494 e. The van der Waals surface area contributed by atoms with Crippen LogP contribution >= 0.6 is 0 Å². The van der Waals surface area contributed by atoms with Gasteiger partial charge >= 0.3 is 5.97 Å². The summed E-state index contributed by atoms with van der Waals surface area (Å²) >= 11 is 0. The van der Waals surface area contributed by atoms with Crippen LogP contribution in [0, 0.1) is 0 Å². The summed E-state index contributed by atoms with van der Waals surface area (Å²) in [6.07, 6.45) is 3.07. The van der Waals surface area contributed by atoms with E-state index < -0.39 is 0 Å². The summed E-state index contributed by atoms with van der Waals surface area (Å²) < 4.78 is 13.0. The van der Waals surface area contributed by atoms with Crippen LogP contribution in [0.4, 0.5) is 0 Å². The van der Waals surface area contributed by atoms with Crippen LogP contribution in [-0.4, -0.2) is 29.2 Å². The van der Waals surface area contributed by atoms with Crippen molar-refractivity contribution in [2.75, 3.05) is 13.7 Å². The topological polar surface area (TPSA) is 53.4 Å². The first-order chi connectivity index (χ1) is 17.2. The van der Waals surface area contributed by atoms with E-state index in [0.29, 0.717) is 13.0 Å². The second kappa shape index (κ2) is 10.4. The molecule has 1 heterocycles. The summed E-state index contributed by atoms with van der Waals surface area (Å²) in [6, 6.07) is 31.2. The molecule has 0 fully saturated rings. The number of fused-ring (bicyclic) bond motifs is 2. The zero-order valence-corrected chi connectivity index (χ0v) is 19.8. The number of unbranched alkanes of at least 4 members (excludes halogenated alkanes) is 2. The molecular weight excluding hydrogens is 436 g/mol. The zero-order valence-electron chi connectivity index (χ0n) is 19.8. The number of ether oxygens (including phenoxy) is 2. The average Bonchev–Trinajstić information content (AvgIpc) is 3.29. The fourth-order valence-electron chi connectivity index (χ4n) is 4.34. The first-order valence-electron chi connectivity index (χ1n) is 12.0. The van der Waals surface area contributed by atoms with Crippen LogP contribution in [0.3, 0.4) is 0 Å². The molecule has 4 aromatic carbocycles. The molecule has 176 valence electrons. The van der Waals surface area contributed by atoms with Crippen molar-refractivity contribution in [1.29, 1.82) is 0 Å². The Morgan fingerprint density at radius 3 is 2.46 bits per heavy atom. The molecule has 0 spiro atoms. The Morgan fingerprint density at radius 1 is 0.829 bits per heavy atom. The Hall–Kier alpha value is -4.12. The van der Waals surface area contributed by atoms with Crippen LogP contribution in [0.5, 0.6) is 5.75 Å². The number of nitrogens with zero attached hydrogens (tertiary/aromatic N) is 2. The summed E-state index contributed by atoms with van der Waals surface area (Å²) in [6.45, 7) is 0.600. The molecule has 35 heavy (non-hydrogen) atoms. The molecule has 0 N–H and O–H groups in total. The third-order valence-corrected chi connectivity index (χ3v) is 6.17. The number of benzene rings is 4. The Morgan fingerprint density at radius 2 is 1.63 bits per heavy atom. The molecule has 0 saturated carbocycles. The first kappa shape index (κ1) is 22.7.